The molecule has 1 unspecified atom stereocenters. The molecule has 7 heteroatoms. The molecule has 1 aromatic carbocycles. The van der Waals surface area contributed by atoms with Gasteiger partial charge in [0.1, 0.15) is 6.61 Å². The Kier molecular flexibility index (Phi) is 10.6. The lowest BCUT2D eigenvalue weighted by atomic mass is 10.1. The summed E-state index contributed by atoms with van der Waals surface area (Å²) in [7, 11) is 0. The molecule has 152 valence electrons. The number of benzene rings is 1. The molecule has 0 heterocycles. The van der Waals surface area contributed by atoms with Crippen molar-refractivity contribution in [1.29, 1.82) is 0 Å². The number of hydrogen-bond acceptors (Lipinski definition) is 6. The lowest BCUT2D eigenvalue weighted by Gasteiger charge is -2.32. The van der Waals surface area contributed by atoms with Crippen LogP contribution in [0.15, 0.2) is 24.3 Å². The minimum atomic E-state index is -1.71. The highest BCUT2D eigenvalue weighted by Gasteiger charge is 2.38. The van der Waals surface area contributed by atoms with Gasteiger partial charge in [0.15, 0.2) is 0 Å². The second-order valence-corrected chi connectivity index (χ2v) is 5.96. The minimum Gasteiger partial charge on any atom is -0.478 e. The number of esters is 1. The monoisotopic (exact) mass is 382 g/mol. The van der Waals surface area contributed by atoms with E-state index in [0.717, 1.165) is 25.7 Å². The van der Waals surface area contributed by atoms with Gasteiger partial charge in [-0.1, -0.05) is 38.8 Å². The normalized spacial score (nSPS) is 13.1. The molecule has 0 spiro atoms. The third kappa shape index (κ3) is 7.66. The van der Waals surface area contributed by atoms with E-state index in [4.69, 9.17) is 18.9 Å². The molecule has 1 rings (SSSR count). The van der Waals surface area contributed by atoms with Gasteiger partial charge in [-0.15, -0.1) is 0 Å². The molecule has 0 aliphatic carbocycles. The molecule has 0 aromatic heterocycles. The first-order valence-electron chi connectivity index (χ1n) is 9.41. The Morgan fingerprint density at radius 2 is 1.59 bits per heavy atom. The van der Waals surface area contributed by atoms with Gasteiger partial charge in [0.2, 0.25) is 0 Å². The fraction of sp³-hybridized carbons (Fsp3) is 0.600. The number of hydrogen-bond donors (Lipinski definition) is 1. The van der Waals surface area contributed by atoms with Crippen molar-refractivity contribution in [1.82, 2.24) is 0 Å². The Bertz CT molecular complexity index is 587. The zero-order chi connectivity index (χ0) is 20.1. The van der Waals surface area contributed by atoms with Crippen LogP contribution in [-0.4, -0.2) is 49.4 Å². The molecule has 0 amide bonds. The average molecular weight is 382 g/mol. The number of ether oxygens (including phenoxy) is 4. The molecule has 1 aromatic rings. The van der Waals surface area contributed by atoms with Crippen LogP contribution in [0.25, 0.3) is 0 Å². The van der Waals surface area contributed by atoms with Crippen LogP contribution in [0.5, 0.6) is 0 Å². The Morgan fingerprint density at radius 1 is 0.963 bits per heavy atom. The maximum absolute atomic E-state index is 12.7. The zero-order valence-corrected chi connectivity index (χ0v) is 16.4. The van der Waals surface area contributed by atoms with Crippen molar-refractivity contribution in [2.75, 3.05) is 26.4 Å². The molecule has 7 nitrogen and oxygen atoms in total. The summed E-state index contributed by atoms with van der Waals surface area (Å²) in [5.41, 5.74) is -0.213. The highest BCUT2D eigenvalue weighted by Crippen LogP contribution is 2.21. The standard InChI is InChI=1S/C20H30O7/c1-4-7-13-24-15-20(25-6-3,26-14-8-5-2)27-19(23)17-12-10-9-11-16(17)18(21)22/h9-12H,4-8,13-15H2,1-3H3,(H,21,22). The first kappa shape index (κ1) is 23.1. The Balaban J connectivity index is 3.01. The third-order valence-electron chi connectivity index (χ3n) is 3.73. The SMILES string of the molecule is CCCCOCC(OCC)(OCCCC)OC(=O)c1ccccc1C(=O)O. The molecule has 0 aliphatic heterocycles. The maximum atomic E-state index is 12.7. The highest BCUT2D eigenvalue weighted by atomic mass is 16.9. The molecule has 0 bridgehead atoms. The van der Waals surface area contributed by atoms with Crippen molar-refractivity contribution in [2.24, 2.45) is 0 Å². The van der Waals surface area contributed by atoms with Gasteiger partial charge in [-0.3, -0.25) is 0 Å². The lowest BCUT2D eigenvalue weighted by molar-refractivity contribution is -0.370. The van der Waals surface area contributed by atoms with E-state index in [1.807, 2.05) is 13.8 Å². The summed E-state index contributed by atoms with van der Waals surface area (Å²) in [6.07, 6.45) is 3.47. The second-order valence-electron chi connectivity index (χ2n) is 5.96. The second kappa shape index (κ2) is 12.4. The van der Waals surface area contributed by atoms with Crippen LogP contribution in [0, 0.1) is 0 Å². The fourth-order valence-electron chi connectivity index (χ4n) is 2.29. The molecule has 0 aliphatic rings. The zero-order valence-electron chi connectivity index (χ0n) is 16.4. The van der Waals surface area contributed by atoms with Crippen LogP contribution in [0.4, 0.5) is 0 Å². The van der Waals surface area contributed by atoms with Gasteiger partial charge < -0.3 is 24.1 Å². The van der Waals surface area contributed by atoms with E-state index in [1.165, 1.54) is 12.1 Å². The van der Waals surface area contributed by atoms with Crippen LogP contribution in [-0.2, 0) is 18.9 Å². The van der Waals surface area contributed by atoms with Crippen molar-refractivity contribution in [3.63, 3.8) is 0 Å². The molecule has 1 N–H and O–H groups in total. The Hall–Kier alpha value is -1.96. The quantitative estimate of drug-likeness (QED) is 0.297. The fourth-order valence-corrected chi connectivity index (χ4v) is 2.29. The van der Waals surface area contributed by atoms with Crippen LogP contribution in [0.1, 0.15) is 67.2 Å². The molecule has 0 saturated heterocycles. The summed E-state index contributed by atoms with van der Waals surface area (Å²) >= 11 is 0. The summed E-state index contributed by atoms with van der Waals surface area (Å²) in [6, 6.07) is 5.85. The van der Waals surface area contributed by atoms with Crippen LogP contribution >= 0.6 is 0 Å². The summed E-state index contributed by atoms with van der Waals surface area (Å²) in [5, 5.41) is 9.30. The van der Waals surface area contributed by atoms with Gasteiger partial charge >= 0.3 is 17.9 Å². The third-order valence-corrected chi connectivity index (χ3v) is 3.73. The molecule has 0 radical (unpaired) electrons. The summed E-state index contributed by atoms with van der Waals surface area (Å²) < 4.78 is 22.5. The smallest absolute Gasteiger partial charge is 0.354 e. The van der Waals surface area contributed by atoms with E-state index >= 15 is 0 Å². The molecular weight excluding hydrogens is 352 g/mol. The number of aromatic carboxylic acids is 1. The number of carbonyl (C=O) groups is 2. The average Bonchev–Trinajstić information content (AvgIpc) is 2.65. The Morgan fingerprint density at radius 3 is 2.19 bits per heavy atom. The van der Waals surface area contributed by atoms with E-state index in [2.05, 4.69) is 0 Å². The number of unbranched alkanes of at least 4 members (excludes halogenated alkanes) is 2. The van der Waals surface area contributed by atoms with Gasteiger partial charge in [-0.2, -0.15) is 0 Å². The van der Waals surface area contributed by atoms with E-state index < -0.39 is 17.9 Å². The predicted octanol–water partition coefficient (Wildman–Crippen LogP) is 3.87. The van der Waals surface area contributed by atoms with E-state index in [9.17, 15) is 14.7 Å². The van der Waals surface area contributed by atoms with Crippen LogP contribution in [0.3, 0.4) is 0 Å². The molecule has 0 fully saturated rings. The van der Waals surface area contributed by atoms with Crippen molar-refractivity contribution in [2.45, 2.75) is 52.4 Å². The van der Waals surface area contributed by atoms with Gasteiger partial charge in [0, 0.05) is 6.61 Å². The predicted molar refractivity (Wildman–Crippen MR) is 99.8 cm³/mol. The topological polar surface area (TPSA) is 91.3 Å². The maximum Gasteiger partial charge on any atom is 0.354 e. The summed E-state index contributed by atoms with van der Waals surface area (Å²) in [6.45, 7) is 6.75. The molecule has 0 saturated carbocycles. The molecular formula is C20H30O7. The van der Waals surface area contributed by atoms with Crippen molar-refractivity contribution in [3.05, 3.63) is 35.4 Å². The minimum absolute atomic E-state index is 0.0678. The first-order valence-corrected chi connectivity index (χ1v) is 9.41. The summed E-state index contributed by atoms with van der Waals surface area (Å²) in [5.74, 6) is -3.76. The number of carboxylic acid groups (broad SMARTS) is 1. The largest absolute Gasteiger partial charge is 0.478 e. The summed E-state index contributed by atoms with van der Waals surface area (Å²) in [4.78, 5) is 24.1. The molecule has 1 atom stereocenters. The van der Waals surface area contributed by atoms with Gasteiger partial charge in [0.25, 0.3) is 0 Å². The van der Waals surface area contributed by atoms with E-state index in [1.54, 1.807) is 19.1 Å². The lowest BCUT2D eigenvalue weighted by Crippen LogP contribution is -2.46. The highest BCUT2D eigenvalue weighted by molar-refractivity contribution is 6.02. The van der Waals surface area contributed by atoms with Crippen LogP contribution < -0.4 is 0 Å². The first-order chi connectivity index (χ1) is 13.0. The number of carboxylic acids is 1. The van der Waals surface area contributed by atoms with Crippen LogP contribution in [0.2, 0.25) is 0 Å². The van der Waals surface area contributed by atoms with Gasteiger partial charge in [0.05, 0.1) is 24.3 Å². The Labute approximate surface area is 160 Å². The van der Waals surface area contributed by atoms with Crippen molar-refractivity contribution in [3.8, 4) is 0 Å². The number of carbonyl (C=O) groups excluding carboxylic acids is 1. The van der Waals surface area contributed by atoms with Gasteiger partial charge in [-0.05, 0) is 31.9 Å². The van der Waals surface area contributed by atoms with E-state index in [-0.39, 0.29) is 24.3 Å². The van der Waals surface area contributed by atoms with Crippen molar-refractivity contribution < 1.29 is 33.6 Å². The van der Waals surface area contributed by atoms with Crippen molar-refractivity contribution >= 4 is 11.9 Å². The number of rotatable bonds is 14. The van der Waals surface area contributed by atoms with E-state index in [0.29, 0.717) is 13.2 Å². The molecule has 27 heavy (non-hydrogen) atoms. The van der Waals surface area contributed by atoms with Gasteiger partial charge in [-0.25, -0.2) is 9.59 Å².